The lowest BCUT2D eigenvalue weighted by Gasteiger charge is -2.22. The van der Waals surface area contributed by atoms with Crippen LogP contribution in [0, 0.1) is 0 Å². The highest BCUT2D eigenvalue weighted by molar-refractivity contribution is 4.91. The average molecular weight is 196 g/mol. The second-order valence-electron chi connectivity index (χ2n) is 3.59. The Balaban J connectivity index is 1.76. The van der Waals surface area contributed by atoms with Crippen molar-refractivity contribution in [1.82, 2.24) is 20.3 Å². The van der Waals surface area contributed by atoms with Crippen molar-refractivity contribution in [2.45, 2.75) is 25.4 Å². The number of aromatic nitrogens is 3. The fraction of sp³-hybridized carbons (Fsp3) is 0.778. The summed E-state index contributed by atoms with van der Waals surface area (Å²) in [6.45, 7) is 2.55. The number of aryl methyl sites for hydroxylation is 1. The van der Waals surface area contributed by atoms with E-state index in [1.807, 2.05) is 7.05 Å². The van der Waals surface area contributed by atoms with E-state index in [4.69, 9.17) is 4.74 Å². The molecule has 2 rings (SSSR count). The van der Waals surface area contributed by atoms with Crippen LogP contribution >= 0.6 is 0 Å². The lowest BCUT2D eigenvalue weighted by molar-refractivity contribution is 0.0775. The van der Waals surface area contributed by atoms with Crippen LogP contribution in [0.15, 0.2) is 6.20 Å². The van der Waals surface area contributed by atoms with Crippen molar-refractivity contribution in [3.05, 3.63) is 11.9 Å². The lowest BCUT2D eigenvalue weighted by atomic mass is 10.1. The second-order valence-corrected chi connectivity index (χ2v) is 3.59. The van der Waals surface area contributed by atoms with Gasteiger partial charge in [-0.3, -0.25) is 0 Å². The first kappa shape index (κ1) is 9.61. The summed E-state index contributed by atoms with van der Waals surface area (Å²) >= 11 is 0. The summed E-state index contributed by atoms with van der Waals surface area (Å²) in [5.74, 6) is 0. The zero-order valence-electron chi connectivity index (χ0n) is 8.44. The maximum Gasteiger partial charge on any atom is 0.0964 e. The van der Waals surface area contributed by atoms with Crippen LogP contribution in [0.4, 0.5) is 0 Å². The summed E-state index contributed by atoms with van der Waals surface area (Å²) < 4.78 is 5.28. The number of hydrogen-bond donors (Lipinski definition) is 1. The molecule has 1 saturated heterocycles. The zero-order chi connectivity index (χ0) is 9.80. The molecule has 0 aromatic carbocycles. The Morgan fingerprint density at radius 1 is 1.57 bits per heavy atom. The van der Waals surface area contributed by atoms with Gasteiger partial charge in [-0.05, 0) is 12.8 Å². The molecule has 0 unspecified atom stereocenters. The van der Waals surface area contributed by atoms with E-state index in [1.165, 1.54) is 0 Å². The molecule has 0 amide bonds. The van der Waals surface area contributed by atoms with Gasteiger partial charge in [-0.2, -0.15) is 15.0 Å². The Labute approximate surface area is 83.4 Å². The highest BCUT2D eigenvalue weighted by Gasteiger charge is 2.13. The van der Waals surface area contributed by atoms with Crippen LogP contribution in [0.5, 0.6) is 0 Å². The first-order valence-electron chi connectivity index (χ1n) is 5.01. The van der Waals surface area contributed by atoms with Crippen molar-refractivity contribution in [1.29, 1.82) is 0 Å². The normalized spacial score (nSPS) is 18.6. The quantitative estimate of drug-likeness (QED) is 0.744. The maximum absolute atomic E-state index is 5.28. The Bertz CT molecular complexity index is 280. The Morgan fingerprint density at radius 2 is 2.36 bits per heavy atom. The molecule has 1 fully saturated rings. The predicted molar refractivity (Wildman–Crippen MR) is 51.7 cm³/mol. The SMILES string of the molecule is Cn1ncc(CNC2CCOCC2)n1. The van der Waals surface area contributed by atoms with E-state index in [-0.39, 0.29) is 0 Å². The molecule has 78 valence electrons. The molecule has 5 nitrogen and oxygen atoms in total. The van der Waals surface area contributed by atoms with Gasteiger partial charge in [0.1, 0.15) is 0 Å². The molecule has 0 atom stereocenters. The van der Waals surface area contributed by atoms with Crippen LogP contribution in [-0.2, 0) is 18.3 Å². The van der Waals surface area contributed by atoms with Crippen molar-refractivity contribution >= 4 is 0 Å². The van der Waals surface area contributed by atoms with Crippen molar-refractivity contribution in [3.63, 3.8) is 0 Å². The molecule has 0 aliphatic carbocycles. The van der Waals surface area contributed by atoms with Gasteiger partial charge in [0.25, 0.3) is 0 Å². The summed E-state index contributed by atoms with van der Waals surface area (Å²) in [5.41, 5.74) is 0.999. The molecule has 1 aliphatic rings. The topological polar surface area (TPSA) is 52.0 Å². The van der Waals surface area contributed by atoms with Gasteiger partial charge < -0.3 is 10.1 Å². The van der Waals surface area contributed by atoms with E-state index in [0.29, 0.717) is 6.04 Å². The van der Waals surface area contributed by atoms with Crippen LogP contribution in [0.1, 0.15) is 18.5 Å². The minimum atomic E-state index is 0.575. The van der Waals surface area contributed by atoms with Crippen LogP contribution in [-0.4, -0.2) is 34.2 Å². The molecule has 1 aromatic heterocycles. The first-order chi connectivity index (χ1) is 6.84. The third-order valence-corrected chi connectivity index (χ3v) is 2.44. The smallest absolute Gasteiger partial charge is 0.0964 e. The van der Waals surface area contributed by atoms with Crippen molar-refractivity contribution in [3.8, 4) is 0 Å². The number of ether oxygens (including phenoxy) is 1. The molecule has 0 bridgehead atoms. The van der Waals surface area contributed by atoms with E-state index >= 15 is 0 Å². The summed E-state index contributed by atoms with van der Waals surface area (Å²) in [6.07, 6.45) is 3.99. The standard InChI is InChI=1S/C9H16N4O/c1-13-11-7-9(12-13)6-10-8-2-4-14-5-3-8/h7-8,10H,2-6H2,1H3. The highest BCUT2D eigenvalue weighted by Crippen LogP contribution is 2.06. The molecular formula is C9H16N4O. The molecule has 0 saturated carbocycles. The van der Waals surface area contributed by atoms with Crippen molar-refractivity contribution in [2.24, 2.45) is 7.05 Å². The van der Waals surface area contributed by atoms with Gasteiger partial charge in [0, 0.05) is 32.8 Å². The highest BCUT2D eigenvalue weighted by atomic mass is 16.5. The Hall–Kier alpha value is -0.940. The fourth-order valence-electron chi connectivity index (χ4n) is 1.62. The van der Waals surface area contributed by atoms with Gasteiger partial charge in [0.2, 0.25) is 0 Å². The third-order valence-electron chi connectivity index (χ3n) is 2.44. The van der Waals surface area contributed by atoms with Gasteiger partial charge in [0.05, 0.1) is 11.9 Å². The second kappa shape index (κ2) is 4.52. The largest absolute Gasteiger partial charge is 0.381 e. The first-order valence-corrected chi connectivity index (χ1v) is 5.01. The summed E-state index contributed by atoms with van der Waals surface area (Å²) in [6, 6.07) is 0.575. The zero-order valence-corrected chi connectivity index (χ0v) is 8.44. The van der Waals surface area contributed by atoms with Crippen molar-refractivity contribution < 1.29 is 4.74 Å². The molecule has 5 heteroatoms. The number of rotatable bonds is 3. The molecular weight excluding hydrogens is 180 g/mol. The van der Waals surface area contributed by atoms with E-state index < -0.39 is 0 Å². The minimum Gasteiger partial charge on any atom is -0.381 e. The molecule has 1 aliphatic heterocycles. The molecule has 0 spiro atoms. The third kappa shape index (κ3) is 2.52. The van der Waals surface area contributed by atoms with E-state index in [1.54, 1.807) is 11.0 Å². The molecule has 1 N–H and O–H groups in total. The van der Waals surface area contributed by atoms with Gasteiger partial charge >= 0.3 is 0 Å². The molecule has 14 heavy (non-hydrogen) atoms. The summed E-state index contributed by atoms with van der Waals surface area (Å²) in [5, 5.41) is 11.7. The van der Waals surface area contributed by atoms with Crippen molar-refractivity contribution in [2.75, 3.05) is 13.2 Å². The number of hydrogen-bond acceptors (Lipinski definition) is 4. The van der Waals surface area contributed by atoms with Crippen LogP contribution in [0.25, 0.3) is 0 Å². The molecule has 1 aromatic rings. The fourth-order valence-corrected chi connectivity index (χ4v) is 1.62. The van der Waals surface area contributed by atoms with Crippen LogP contribution in [0.3, 0.4) is 0 Å². The number of nitrogens with zero attached hydrogens (tertiary/aromatic N) is 3. The average Bonchev–Trinajstić information content (AvgIpc) is 2.63. The Morgan fingerprint density at radius 3 is 3.00 bits per heavy atom. The summed E-state index contributed by atoms with van der Waals surface area (Å²) in [7, 11) is 1.83. The van der Waals surface area contributed by atoms with E-state index in [2.05, 4.69) is 15.5 Å². The van der Waals surface area contributed by atoms with Crippen LogP contribution < -0.4 is 5.32 Å². The van der Waals surface area contributed by atoms with Gasteiger partial charge in [-0.1, -0.05) is 0 Å². The van der Waals surface area contributed by atoms with Crippen LogP contribution in [0.2, 0.25) is 0 Å². The maximum atomic E-state index is 5.28. The van der Waals surface area contributed by atoms with E-state index in [9.17, 15) is 0 Å². The lowest BCUT2D eigenvalue weighted by Crippen LogP contribution is -2.34. The summed E-state index contributed by atoms with van der Waals surface area (Å²) in [4.78, 5) is 1.58. The molecule has 2 heterocycles. The molecule has 0 radical (unpaired) electrons. The van der Waals surface area contributed by atoms with Gasteiger partial charge in [-0.25, -0.2) is 0 Å². The monoisotopic (exact) mass is 196 g/mol. The minimum absolute atomic E-state index is 0.575. The predicted octanol–water partition coefficient (Wildman–Crippen LogP) is 0.0837. The van der Waals surface area contributed by atoms with Gasteiger partial charge in [-0.15, -0.1) is 0 Å². The number of nitrogens with one attached hydrogen (secondary N) is 1. The van der Waals surface area contributed by atoms with Gasteiger partial charge in [0.15, 0.2) is 0 Å². The van der Waals surface area contributed by atoms with E-state index in [0.717, 1.165) is 38.3 Å². The Kier molecular flexibility index (Phi) is 3.10.